The summed E-state index contributed by atoms with van der Waals surface area (Å²) in [7, 11) is 1.55. The Balaban J connectivity index is 2.43. The minimum absolute atomic E-state index is 0.0654. The van der Waals surface area contributed by atoms with Crippen molar-refractivity contribution < 1.29 is 23.8 Å². The van der Waals surface area contributed by atoms with Crippen molar-refractivity contribution in [2.45, 2.75) is 32.9 Å². The van der Waals surface area contributed by atoms with Crippen LogP contribution in [0.3, 0.4) is 0 Å². The van der Waals surface area contributed by atoms with Gasteiger partial charge in [-0.3, -0.25) is 4.79 Å². The van der Waals surface area contributed by atoms with E-state index in [1.807, 2.05) is 13.8 Å². The highest BCUT2D eigenvalue weighted by molar-refractivity contribution is 5.91. The summed E-state index contributed by atoms with van der Waals surface area (Å²) in [6, 6.07) is 6.45. The summed E-state index contributed by atoms with van der Waals surface area (Å²) < 4.78 is 15.3. The molecule has 0 radical (unpaired) electrons. The maximum atomic E-state index is 11.8. The third-order valence-electron chi connectivity index (χ3n) is 2.62. The molecule has 0 fully saturated rings. The lowest BCUT2D eigenvalue weighted by atomic mass is 10.2. The Hall–Kier alpha value is -2.08. The predicted octanol–water partition coefficient (Wildman–Crippen LogP) is 1.78. The lowest BCUT2D eigenvalue weighted by Gasteiger charge is -2.13. The summed E-state index contributed by atoms with van der Waals surface area (Å²) in [6.45, 7) is 5.72. The lowest BCUT2D eigenvalue weighted by Crippen LogP contribution is -2.38. The Labute approximate surface area is 130 Å². The molecule has 0 aliphatic rings. The first-order valence-corrected chi connectivity index (χ1v) is 7.14. The molecule has 0 aliphatic carbocycles. The van der Waals surface area contributed by atoms with Crippen LogP contribution in [0.1, 0.15) is 31.1 Å². The van der Waals surface area contributed by atoms with E-state index in [-0.39, 0.29) is 24.7 Å². The van der Waals surface area contributed by atoms with Gasteiger partial charge < -0.3 is 19.5 Å². The Morgan fingerprint density at radius 1 is 1.14 bits per heavy atom. The molecule has 6 nitrogen and oxygen atoms in total. The van der Waals surface area contributed by atoms with Gasteiger partial charge in [0.05, 0.1) is 18.3 Å². The number of rotatable bonds is 8. The molecule has 0 saturated carbocycles. The fourth-order valence-electron chi connectivity index (χ4n) is 1.76. The molecule has 0 spiro atoms. The van der Waals surface area contributed by atoms with E-state index in [4.69, 9.17) is 14.2 Å². The first kappa shape index (κ1) is 18.0. The topological polar surface area (TPSA) is 73.9 Å². The van der Waals surface area contributed by atoms with E-state index in [1.165, 1.54) is 0 Å². The first-order chi connectivity index (χ1) is 10.4. The van der Waals surface area contributed by atoms with Crippen molar-refractivity contribution in [2.75, 3.05) is 20.3 Å². The summed E-state index contributed by atoms with van der Waals surface area (Å²) in [5, 5.41) is 2.66. The van der Waals surface area contributed by atoms with Crippen molar-refractivity contribution in [2.24, 2.45) is 0 Å². The van der Waals surface area contributed by atoms with E-state index in [2.05, 4.69) is 5.32 Å². The predicted molar refractivity (Wildman–Crippen MR) is 82.0 cm³/mol. The van der Waals surface area contributed by atoms with Crippen molar-refractivity contribution in [1.29, 1.82) is 0 Å². The second-order valence-corrected chi connectivity index (χ2v) is 5.19. The van der Waals surface area contributed by atoms with E-state index in [0.717, 1.165) is 0 Å². The second kappa shape index (κ2) is 9.04. The average Bonchev–Trinajstić information content (AvgIpc) is 2.45. The minimum Gasteiger partial charge on any atom is -0.491 e. The molecule has 1 aromatic carbocycles. The number of nitrogens with one attached hydrogen (secondary N) is 1. The highest BCUT2D eigenvalue weighted by atomic mass is 16.5. The normalized spacial score (nSPS) is 11.9. The molecule has 22 heavy (non-hydrogen) atoms. The van der Waals surface area contributed by atoms with Gasteiger partial charge in [-0.25, -0.2) is 4.79 Å². The molecule has 0 unspecified atom stereocenters. The van der Waals surface area contributed by atoms with Crippen molar-refractivity contribution in [1.82, 2.24) is 5.32 Å². The van der Waals surface area contributed by atoms with E-state index < -0.39 is 5.97 Å². The molecule has 0 aromatic heterocycles. The Kier molecular flexibility index (Phi) is 7.39. The Morgan fingerprint density at radius 2 is 1.77 bits per heavy atom. The van der Waals surface area contributed by atoms with E-state index in [0.29, 0.717) is 17.9 Å². The zero-order chi connectivity index (χ0) is 16.5. The maximum Gasteiger partial charge on any atom is 0.338 e. The fraction of sp³-hybridized carbons (Fsp3) is 0.500. The van der Waals surface area contributed by atoms with Crippen LogP contribution in [-0.4, -0.2) is 44.3 Å². The summed E-state index contributed by atoms with van der Waals surface area (Å²) in [5.41, 5.74) is 0.369. The zero-order valence-electron chi connectivity index (χ0n) is 13.4. The van der Waals surface area contributed by atoms with Crippen molar-refractivity contribution in [3.63, 3.8) is 0 Å². The number of carbonyl (C=O) groups is 2. The Bertz CT molecular complexity index is 484. The Morgan fingerprint density at radius 3 is 2.32 bits per heavy atom. The van der Waals surface area contributed by atoms with Gasteiger partial charge in [0, 0.05) is 13.2 Å². The van der Waals surface area contributed by atoms with Gasteiger partial charge >= 0.3 is 5.97 Å². The number of ether oxygens (including phenoxy) is 3. The van der Waals surface area contributed by atoms with Gasteiger partial charge in [0.2, 0.25) is 0 Å². The van der Waals surface area contributed by atoms with Gasteiger partial charge in [0.25, 0.3) is 5.91 Å². The van der Waals surface area contributed by atoms with Crippen LogP contribution in [-0.2, 0) is 14.3 Å². The summed E-state index contributed by atoms with van der Waals surface area (Å²) in [6.07, 6.45) is 0.0654. The molecular formula is C16H23NO5. The van der Waals surface area contributed by atoms with Crippen LogP contribution in [0.2, 0.25) is 0 Å². The van der Waals surface area contributed by atoms with Crippen LogP contribution in [0, 0.1) is 0 Å². The van der Waals surface area contributed by atoms with Crippen molar-refractivity contribution in [3.8, 4) is 5.75 Å². The molecule has 122 valence electrons. The van der Waals surface area contributed by atoms with Gasteiger partial charge in [-0.05, 0) is 45.0 Å². The molecule has 1 rings (SSSR count). The third kappa shape index (κ3) is 6.58. The zero-order valence-corrected chi connectivity index (χ0v) is 13.4. The largest absolute Gasteiger partial charge is 0.491 e. The molecule has 0 aliphatic heterocycles. The molecule has 6 heteroatoms. The monoisotopic (exact) mass is 309 g/mol. The number of benzene rings is 1. The van der Waals surface area contributed by atoms with Crippen molar-refractivity contribution >= 4 is 11.9 Å². The van der Waals surface area contributed by atoms with Gasteiger partial charge in [-0.2, -0.15) is 0 Å². The number of carbonyl (C=O) groups excluding carboxylic acids is 2. The highest BCUT2D eigenvalue weighted by Crippen LogP contribution is 2.14. The molecule has 0 bridgehead atoms. The number of esters is 1. The van der Waals surface area contributed by atoms with Crippen LogP contribution in [0.25, 0.3) is 0 Å². The van der Waals surface area contributed by atoms with E-state index >= 15 is 0 Å². The van der Waals surface area contributed by atoms with E-state index in [1.54, 1.807) is 38.3 Å². The van der Waals surface area contributed by atoms with Crippen LogP contribution in [0.5, 0.6) is 5.75 Å². The number of amides is 1. The molecule has 0 saturated heterocycles. The standard InChI is InChI=1S/C16H23NO5/c1-11(2)22-14-7-5-13(6-8-14)16(19)21-10-15(18)17-12(3)9-20-4/h5-8,11-12H,9-10H2,1-4H3,(H,17,18)/t12-/m0/s1. The van der Waals surface area contributed by atoms with Gasteiger partial charge in [0.1, 0.15) is 5.75 Å². The van der Waals surface area contributed by atoms with Crippen molar-refractivity contribution in [3.05, 3.63) is 29.8 Å². The minimum atomic E-state index is -0.550. The molecule has 1 amide bonds. The third-order valence-corrected chi connectivity index (χ3v) is 2.62. The second-order valence-electron chi connectivity index (χ2n) is 5.19. The number of hydrogen-bond acceptors (Lipinski definition) is 5. The fourth-order valence-corrected chi connectivity index (χ4v) is 1.76. The smallest absolute Gasteiger partial charge is 0.338 e. The van der Waals surface area contributed by atoms with E-state index in [9.17, 15) is 9.59 Å². The molecular weight excluding hydrogens is 286 g/mol. The molecule has 1 N–H and O–H groups in total. The van der Waals surface area contributed by atoms with Crippen LogP contribution < -0.4 is 10.1 Å². The first-order valence-electron chi connectivity index (χ1n) is 7.14. The van der Waals surface area contributed by atoms with Gasteiger partial charge in [-0.1, -0.05) is 0 Å². The number of hydrogen-bond donors (Lipinski definition) is 1. The van der Waals surface area contributed by atoms with Crippen LogP contribution in [0.4, 0.5) is 0 Å². The summed E-state index contributed by atoms with van der Waals surface area (Å²) >= 11 is 0. The van der Waals surface area contributed by atoms with Gasteiger partial charge in [0.15, 0.2) is 6.61 Å². The SMILES string of the molecule is COC[C@H](C)NC(=O)COC(=O)c1ccc(OC(C)C)cc1. The molecule has 0 heterocycles. The summed E-state index contributed by atoms with van der Waals surface area (Å²) in [5.74, 6) is -0.235. The van der Waals surface area contributed by atoms with Gasteiger partial charge in [-0.15, -0.1) is 0 Å². The lowest BCUT2D eigenvalue weighted by molar-refractivity contribution is -0.125. The van der Waals surface area contributed by atoms with Crippen LogP contribution >= 0.6 is 0 Å². The molecule has 1 atom stereocenters. The van der Waals surface area contributed by atoms with Crippen LogP contribution in [0.15, 0.2) is 24.3 Å². The quantitative estimate of drug-likeness (QED) is 0.741. The maximum absolute atomic E-state index is 11.8. The summed E-state index contributed by atoms with van der Waals surface area (Å²) in [4.78, 5) is 23.4. The highest BCUT2D eigenvalue weighted by Gasteiger charge is 2.12. The number of methoxy groups -OCH3 is 1. The average molecular weight is 309 g/mol. The molecule has 1 aromatic rings.